The van der Waals surface area contributed by atoms with Crippen molar-refractivity contribution in [3.8, 4) is 12.3 Å². The Balaban J connectivity index is 2.80. The minimum absolute atomic E-state index is 0.0194. The van der Waals surface area contributed by atoms with Crippen LogP contribution in [-0.4, -0.2) is 11.9 Å². The standard InChI is InChI=1S/C15H20N2O/c1-4-9-13(5-2)17-14(18)15(3,16)12-10-7-6-8-11-12/h1,6-8,10-11,13H,5,9,16H2,2-3H3,(H,17,18). The summed E-state index contributed by atoms with van der Waals surface area (Å²) in [6.07, 6.45) is 6.58. The van der Waals surface area contributed by atoms with Crippen LogP contribution in [0.4, 0.5) is 0 Å². The smallest absolute Gasteiger partial charge is 0.244 e. The Labute approximate surface area is 109 Å². The Morgan fingerprint density at radius 3 is 2.61 bits per heavy atom. The van der Waals surface area contributed by atoms with E-state index in [4.69, 9.17) is 12.2 Å². The fourth-order valence-electron chi connectivity index (χ4n) is 1.69. The van der Waals surface area contributed by atoms with Gasteiger partial charge in [0.1, 0.15) is 5.54 Å². The van der Waals surface area contributed by atoms with Crippen molar-refractivity contribution in [1.82, 2.24) is 5.32 Å². The van der Waals surface area contributed by atoms with Crippen LogP contribution in [-0.2, 0) is 10.3 Å². The molecule has 0 saturated carbocycles. The van der Waals surface area contributed by atoms with Gasteiger partial charge in [0.05, 0.1) is 0 Å². The van der Waals surface area contributed by atoms with Crippen molar-refractivity contribution in [2.75, 3.05) is 0 Å². The first kappa shape index (κ1) is 14.3. The molecule has 0 heterocycles. The number of hydrogen-bond donors (Lipinski definition) is 2. The summed E-state index contributed by atoms with van der Waals surface area (Å²) in [7, 11) is 0. The summed E-state index contributed by atoms with van der Waals surface area (Å²) in [5.74, 6) is 2.36. The van der Waals surface area contributed by atoms with E-state index in [9.17, 15) is 4.79 Å². The molecule has 0 bridgehead atoms. The molecule has 2 atom stereocenters. The molecule has 3 nitrogen and oxygen atoms in total. The Bertz CT molecular complexity index is 432. The lowest BCUT2D eigenvalue weighted by atomic mass is 9.91. The van der Waals surface area contributed by atoms with Crippen LogP contribution in [0.15, 0.2) is 30.3 Å². The van der Waals surface area contributed by atoms with E-state index in [2.05, 4.69) is 11.2 Å². The molecule has 0 aliphatic carbocycles. The van der Waals surface area contributed by atoms with Gasteiger partial charge >= 0.3 is 0 Å². The summed E-state index contributed by atoms with van der Waals surface area (Å²) in [4.78, 5) is 12.2. The number of nitrogens with one attached hydrogen (secondary N) is 1. The molecular formula is C15H20N2O. The van der Waals surface area contributed by atoms with Crippen molar-refractivity contribution in [2.45, 2.75) is 38.3 Å². The fourth-order valence-corrected chi connectivity index (χ4v) is 1.69. The first-order valence-corrected chi connectivity index (χ1v) is 6.11. The predicted molar refractivity (Wildman–Crippen MR) is 73.7 cm³/mol. The zero-order valence-electron chi connectivity index (χ0n) is 10.9. The zero-order chi connectivity index (χ0) is 13.6. The average molecular weight is 244 g/mol. The molecule has 96 valence electrons. The summed E-state index contributed by atoms with van der Waals surface area (Å²) >= 11 is 0. The molecule has 0 aliphatic rings. The summed E-state index contributed by atoms with van der Waals surface area (Å²) in [6.45, 7) is 3.69. The van der Waals surface area contributed by atoms with Crippen LogP contribution in [0.3, 0.4) is 0 Å². The van der Waals surface area contributed by atoms with Crippen molar-refractivity contribution in [3.05, 3.63) is 35.9 Å². The number of amides is 1. The van der Waals surface area contributed by atoms with E-state index in [0.717, 1.165) is 12.0 Å². The third-order valence-corrected chi connectivity index (χ3v) is 3.04. The second kappa shape index (κ2) is 6.23. The summed E-state index contributed by atoms with van der Waals surface area (Å²) in [5.41, 5.74) is 5.87. The van der Waals surface area contributed by atoms with Crippen LogP contribution in [0, 0.1) is 12.3 Å². The lowest BCUT2D eigenvalue weighted by Gasteiger charge is -2.26. The van der Waals surface area contributed by atoms with E-state index in [-0.39, 0.29) is 11.9 Å². The summed E-state index contributed by atoms with van der Waals surface area (Å²) in [6, 6.07) is 9.31. The van der Waals surface area contributed by atoms with Gasteiger partial charge in [-0.1, -0.05) is 37.3 Å². The van der Waals surface area contributed by atoms with Crippen molar-refractivity contribution in [1.29, 1.82) is 0 Å². The predicted octanol–water partition coefficient (Wildman–Crippen LogP) is 1.78. The van der Waals surface area contributed by atoms with Crippen LogP contribution in [0.2, 0.25) is 0 Å². The molecule has 0 fully saturated rings. The molecule has 0 spiro atoms. The first-order valence-electron chi connectivity index (χ1n) is 6.11. The molecule has 1 rings (SSSR count). The normalized spacial score (nSPS) is 15.2. The van der Waals surface area contributed by atoms with E-state index in [1.54, 1.807) is 6.92 Å². The Morgan fingerprint density at radius 2 is 2.11 bits per heavy atom. The molecule has 1 aromatic carbocycles. The third-order valence-electron chi connectivity index (χ3n) is 3.04. The lowest BCUT2D eigenvalue weighted by molar-refractivity contribution is -0.126. The number of carbonyl (C=O) groups excluding carboxylic acids is 1. The highest BCUT2D eigenvalue weighted by Gasteiger charge is 2.31. The Hall–Kier alpha value is -1.79. The maximum Gasteiger partial charge on any atom is 0.244 e. The first-order chi connectivity index (χ1) is 8.52. The molecule has 3 N–H and O–H groups in total. The number of terminal acetylenes is 1. The highest BCUT2D eigenvalue weighted by atomic mass is 16.2. The number of carbonyl (C=O) groups is 1. The van der Waals surface area contributed by atoms with Crippen LogP contribution < -0.4 is 11.1 Å². The van der Waals surface area contributed by atoms with Crippen molar-refractivity contribution in [2.24, 2.45) is 5.73 Å². The molecule has 2 unspecified atom stereocenters. The maximum absolute atomic E-state index is 12.2. The third kappa shape index (κ3) is 3.35. The lowest BCUT2D eigenvalue weighted by Crippen LogP contribution is -2.51. The zero-order valence-corrected chi connectivity index (χ0v) is 10.9. The van der Waals surface area contributed by atoms with E-state index in [1.165, 1.54) is 0 Å². The van der Waals surface area contributed by atoms with Gasteiger partial charge in [0, 0.05) is 12.5 Å². The molecule has 0 aliphatic heterocycles. The van der Waals surface area contributed by atoms with Gasteiger partial charge in [0.15, 0.2) is 0 Å². The largest absolute Gasteiger partial charge is 0.351 e. The molecule has 0 radical (unpaired) electrons. The van der Waals surface area contributed by atoms with Crippen LogP contribution in [0.5, 0.6) is 0 Å². The highest BCUT2D eigenvalue weighted by molar-refractivity contribution is 5.87. The summed E-state index contributed by atoms with van der Waals surface area (Å²) in [5, 5.41) is 2.90. The second-order valence-electron chi connectivity index (χ2n) is 4.56. The second-order valence-corrected chi connectivity index (χ2v) is 4.56. The topological polar surface area (TPSA) is 55.1 Å². The van der Waals surface area contributed by atoms with Gasteiger partial charge < -0.3 is 11.1 Å². The molecule has 18 heavy (non-hydrogen) atoms. The van der Waals surface area contributed by atoms with Crippen LogP contribution in [0.1, 0.15) is 32.3 Å². The van der Waals surface area contributed by atoms with E-state index in [0.29, 0.717) is 6.42 Å². The number of nitrogens with two attached hydrogens (primary N) is 1. The molecule has 0 aromatic heterocycles. The van der Waals surface area contributed by atoms with Gasteiger partial charge in [-0.05, 0) is 18.9 Å². The monoisotopic (exact) mass is 244 g/mol. The van der Waals surface area contributed by atoms with Crippen molar-refractivity contribution < 1.29 is 4.79 Å². The highest BCUT2D eigenvalue weighted by Crippen LogP contribution is 2.18. The molecule has 0 saturated heterocycles. The van der Waals surface area contributed by atoms with E-state index in [1.807, 2.05) is 37.3 Å². The molecule has 1 aromatic rings. The van der Waals surface area contributed by atoms with Crippen LogP contribution >= 0.6 is 0 Å². The number of rotatable bonds is 5. The van der Waals surface area contributed by atoms with Gasteiger partial charge in [-0.25, -0.2) is 0 Å². The minimum Gasteiger partial charge on any atom is -0.351 e. The van der Waals surface area contributed by atoms with Crippen molar-refractivity contribution in [3.63, 3.8) is 0 Å². The van der Waals surface area contributed by atoms with Crippen molar-refractivity contribution >= 4 is 5.91 Å². The Morgan fingerprint density at radius 1 is 1.50 bits per heavy atom. The maximum atomic E-state index is 12.2. The van der Waals surface area contributed by atoms with E-state index >= 15 is 0 Å². The fraction of sp³-hybridized carbons (Fsp3) is 0.400. The molecule has 3 heteroatoms. The van der Waals surface area contributed by atoms with Gasteiger partial charge in [-0.15, -0.1) is 12.3 Å². The number of benzene rings is 1. The van der Waals surface area contributed by atoms with E-state index < -0.39 is 5.54 Å². The van der Waals surface area contributed by atoms with Gasteiger partial charge in [-0.3, -0.25) is 4.79 Å². The molecule has 1 amide bonds. The van der Waals surface area contributed by atoms with Gasteiger partial charge in [0.25, 0.3) is 0 Å². The Kier molecular flexibility index (Phi) is 4.94. The van der Waals surface area contributed by atoms with Crippen LogP contribution in [0.25, 0.3) is 0 Å². The number of hydrogen-bond acceptors (Lipinski definition) is 2. The van der Waals surface area contributed by atoms with Gasteiger partial charge in [0.2, 0.25) is 5.91 Å². The minimum atomic E-state index is -1.04. The molecular weight excluding hydrogens is 224 g/mol. The van der Waals surface area contributed by atoms with Gasteiger partial charge in [-0.2, -0.15) is 0 Å². The quantitative estimate of drug-likeness (QED) is 0.776. The SMILES string of the molecule is C#CCC(CC)NC(=O)C(C)(N)c1ccccc1. The average Bonchev–Trinajstić information content (AvgIpc) is 2.39. The summed E-state index contributed by atoms with van der Waals surface area (Å²) < 4.78 is 0.